The molecule has 4 nitrogen and oxygen atoms in total. The lowest BCUT2D eigenvalue weighted by Crippen LogP contribution is -2.07. The molecule has 3 rings (SSSR count). The van der Waals surface area contributed by atoms with Crippen LogP contribution in [0.4, 0.5) is 0 Å². The van der Waals surface area contributed by atoms with Crippen molar-refractivity contribution in [2.75, 3.05) is 6.61 Å². The molecular formula is C13H12ClN3OS. The van der Waals surface area contributed by atoms with Crippen molar-refractivity contribution >= 4 is 34.1 Å². The first-order valence-electron chi connectivity index (χ1n) is 5.92. The number of halogens is 1. The highest BCUT2D eigenvalue weighted by molar-refractivity contribution is 7.09. The molecule has 19 heavy (non-hydrogen) atoms. The number of hydrogen-bond acceptors (Lipinski definition) is 4. The molecule has 3 aromatic rings. The smallest absolute Gasteiger partial charge is 0.160 e. The van der Waals surface area contributed by atoms with Crippen molar-refractivity contribution in [3.8, 4) is 0 Å². The van der Waals surface area contributed by atoms with Crippen LogP contribution in [0.2, 0.25) is 5.02 Å². The second-order valence-corrected chi connectivity index (χ2v) is 5.62. The average molecular weight is 294 g/mol. The molecular weight excluding hydrogens is 282 g/mol. The van der Waals surface area contributed by atoms with Crippen LogP contribution in [-0.4, -0.2) is 26.2 Å². The molecule has 0 aliphatic carbocycles. The van der Waals surface area contributed by atoms with E-state index in [1.807, 2.05) is 16.0 Å². The van der Waals surface area contributed by atoms with Crippen LogP contribution in [0, 0.1) is 0 Å². The summed E-state index contributed by atoms with van der Waals surface area (Å²) >= 11 is 7.64. The zero-order valence-corrected chi connectivity index (χ0v) is 11.7. The Morgan fingerprint density at radius 2 is 2.32 bits per heavy atom. The minimum absolute atomic E-state index is 0.0627. The summed E-state index contributed by atoms with van der Waals surface area (Å²) in [6.45, 7) is 0.555. The van der Waals surface area contributed by atoms with E-state index in [9.17, 15) is 5.11 Å². The second-order valence-electron chi connectivity index (χ2n) is 4.16. The predicted octanol–water partition coefficient (Wildman–Crippen LogP) is 2.73. The molecule has 0 aromatic carbocycles. The number of aromatic nitrogens is 3. The minimum Gasteiger partial charge on any atom is -0.395 e. The largest absolute Gasteiger partial charge is 0.395 e. The number of thiophene rings is 1. The fraction of sp³-hybridized carbons (Fsp3) is 0.231. The zero-order valence-electron chi connectivity index (χ0n) is 10.1. The summed E-state index contributed by atoms with van der Waals surface area (Å²) in [5.74, 6) is 0.904. The molecule has 98 valence electrons. The Kier molecular flexibility index (Phi) is 3.50. The van der Waals surface area contributed by atoms with E-state index in [-0.39, 0.29) is 6.61 Å². The maximum atomic E-state index is 9.20. The van der Waals surface area contributed by atoms with E-state index in [2.05, 4.69) is 16.0 Å². The first-order valence-corrected chi connectivity index (χ1v) is 7.17. The van der Waals surface area contributed by atoms with Gasteiger partial charge in [0.05, 0.1) is 11.6 Å². The quantitative estimate of drug-likeness (QED) is 0.805. The zero-order chi connectivity index (χ0) is 13.2. The summed E-state index contributed by atoms with van der Waals surface area (Å²) in [6.07, 6.45) is 2.35. The van der Waals surface area contributed by atoms with E-state index in [4.69, 9.17) is 11.6 Å². The molecule has 0 saturated carbocycles. The number of hydrogen-bond donors (Lipinski definition) is 1. The van der Waals surface area contributed by atoms with Gasteiger partial charge in [0.25, 0.3) is 0 Å². The molecule has 0 atom stereocenters. The average Bonchev–Trinajstić information content (AvgIpc) is 2.99. The van der Waals surface area contributed by atoms with Gasteiger partial charge >= 0.3 is 0 Å². The highest BCUT2D eigenvalue weighted by Crippen LogP contribution is 2.21. The van der Waals surface area contributed by atoms with Gasteiger partial charge in [0.15, 0.2) is 5.65 Å². The molecule has 0 unspecified atom stereocenters. The molecule has 0 aliphatic heterocycles. The Hall–Kier alpha value is -1.43. The SMILES string of the molecule is OCCn1c(Cc2cccs2)nc2cc(Cl)cnc21. The summed E-state index contributed by atoms with van der Waals surface area (Å²) in [6, 6.07) is 5.90. The van der Waals surface area contributed by atoms with Gasteiger partial charge in [-0.05, 0) is 17.5 Å². The first kappa shape index (κ1) is 12.6. The van der Waals surface area contributed by atoms with Crippen molar-refractivity contribution in [2.45, 2.75) is 13.0 Å². The highest BCUT2D eigenvalue weighted by Gasteiger charge is 2.12. The van der Waals surface area contributed by atoms with E-state index < -0.39 is 0 Å². The van der Waals surface area contributed by atoms with Crippen molar-refractivity contribution in [2.24, 2.45) is 0 Å². The summed E-state index contributed by atoms with van der Waals surface area (Å²) < 4.78 is 1.95. The predicted molar refractivity (Wildman–Crippen MR) is 76.7 cm³/mol. The van der Waals surface area contributed by atoms with Crippen molar-refractivity contribution in [1.82, 2.24) is 14.5 Å². The summed E-state index contributed by atoms with van der Waals surface area (Å²) in [5, 5.41) is 11.8. The van der Waals surface area contributed by atoms with Crippen LogP contribution in [0.5, 0.6) is 0 Å². The Bertz CT molecular complexity index is 693. The Labute approximate surface area is 119 Å². The van der Waals surface area contributed by atoms with Gasteiger partial charge in [-0.3, -0.25) is 0 Å². The summed E-state index contributed by atoms with van der Waals surface area (Å²) in [7, 11) is 0. The number of imidazole rings is 1. The lowest BCUT2D eigenvalue weighted by atomic mass is 10.3. The van der Waals surface area contributed by atoms with Gasteiger partial charge in [-0.1, -0.05) is 17.7 Å². The third-order valence-electron chi connectivity index (χ3n) is 2.87. The molecule has 3 aromatic heterocycles. The molecule has 0 amide bonds. The molecule has 6 heteroatoms. The monoisotopic (exact) mass is 293 g/mol. The molecule has 0 spiro atoms. The number of aliphatic hydroxyl groups is 1. The number of fused-ring (bicyclic) bond motifs is 1. The topological polar surface area (TPSA) is 50.9 Å². The lowest BCUT2D eigenvalue weighted by Gasteiger charge is -2.05. The fourth-order valence-electron chi connectivity index (χ4n) is 2.07. The van der Waals surface area contributed by atoms with Crippen molar-refractivity contribution < 1.29 is 5.11 Å². The van der Waals surface area contributed by atoms with Crippen LogP contribution < -0.4 is 0 Å². The van der Waals surface area contributed by atoms with Gasteiger partial charge in [-0.2, -0.15) is 0 Å². The van der Waals surface area contributed by atoms with Gasteiger partial charge in [0.1, 0.15) is 11.3 Å². The van der Waals surface area contributed by atoms with Crippen LogP contribution in [0.15, 0.2) is 29.8 Å². The van der Waals surface area contributed by atoms with Crippen molar-refractivity contribution in [3.05, 3.63) is 45.5 Å². The highest BCUT2D eigenvalue weighted by atomic mass is 35.5. The number of nitrogens with zero attached hydrogens (tertiary/aromatic N) is 3. The minimum atomic E-state index is 0.0627. The third kappa shape index (κ3) is 2.49. The fourth-order valence-corrected chi connectivity index (χ4v) is 2.93. The molecule has 0 saturated heterocycles. The second kappa shape index (κ2) is 5.28. The van der Waals surface area contributed by atoms with Gasteiger partial charge in [0.2, 0.25) is 0 Å². The first-order chi connectivity index (χ1) is 9.28. The van der Waals surface area contributed by atoms with E-state index in [1.165, 1.54) is 4.88 Å². The maximum absolute atomic E-state index is 9.20. The molecule has 0 radical (unpaired) electrons. The van der Waals surface area contributed by atoms with Crippen LogP contribution in [0.25, 0.3) is 11.2 Å². The van der Waals surface area contributed by atoms with Crippen LogP contribution in [0.3, 0.4) is 0 Å². The van der Waals surface area contributed by atoms with Gasteiger partial charge < -0.3 is 9.67 Å². The molecule has 0 fully saturated rings. The van der Waals surface area contributed by atoms with Gasteiger partial charge in [-0.25, -0.2) is 9.97 Å². The maximum Gasteiger partial charge on any atom is 0.160 e. The van der Waals surface area contributed by atoms with E-state index >= 15 is 0 Å². The summed E-state index contributed by atoms with van der Waals surface area (Å²) in [5.41, 5.74) is 1.54. The Morgan fingerprint density at radius 3 is 3.05 bits per heavy atom. The van der Waals surface area contributed by atoms with Crippen LogP contribution >= 0.6 is 22.9 Å². The summed E-state index contributed by atoms with van der Waals surface area (Å²) in [4.78, 5) is 10.1. The lowest BCUT2D eigenvalue weighted by molar-refractivity contribution is 0.276. The molecule has 3 heterocycles. The van der Waals surface area contributed by atoms with E-state index in [1.54, 1.807) is 23.6 Å². The number of pyridine rings is 1. The van der Waals surface area contributed by atoms with Gasteiger partial charge in [0, 0.05) is 24.0 Å². The Morgan fingerprint density at radius 1 is 1.42 bits per heavy atom. The standard InChI is InChI=1S/C13H12ClN3OS/c14-9-6-11-13(15-8-9)17(3-4-18)12(16-11)7-10-2-1-5-19-10/h1-2,5-6,8,18H,3-4,7H2. The van der Waals surface area contributed by atoms with Crippen molar-refractivity contribution in [3.63, 3.8) is 0 Å². The van der Waals surface area contributed by atoms with Crippen LogP contribution in [0.1, 0.15) is 10.7 Å². The third-order valence-corrected chi connectivity index (χ3v) is 3.95. The molecule has 1 N–H and O–H groups in total. The Balaban J connectivity index is 2.08. The number of aliphatic hydroxyl groups excluding tert-OH is 1. The van der Waals surface area contributed by atoms with E-state index in [0.29, 0.717) is 11.6 Å². The van der Waals surface area contributed by atoms with Crippen molar-refractivity contribution in [1.29, 1.82) is 0 Å². The molecule has 0 aliphatic rings. The number of rotatable bonds is 4. The molecule has 0 bridgehead atoms. The van der Waals surface area contributed by atoms with Crippen LogP contribution in [-0.2, 0) is 13.0 Å². The van der Waals surface area contributed by atoms with E-state index in [0.717, 1.165) is 23.4 Å². The van der Waals surface area contributed by atoms with Gasteiger partial charge in [-0.15, -0.1) is 11.3 Å². The normalized spacial score (nSPS) is 11.3.